The standard InChI is InChI=1S/C19H25N3O5S2/c23-17(20-10-13-22-18(24)14-28-19(22)25)9-6-15-4-7-16(8-5-15)29(26,27)21-11-2-1-3-12-21/h4-5,7-8H,1-3,6,9-14H2,(H,20,23). The number of imide groups is 1. The van der Waals surface area contributed by atoms with Crippen LogP contribution in [0.25, 0.3) is 0 Å². The number of hydrogen-bond acceptors (Lipinski definition) is 6. The number of thioether (sulfide) groups is 1. The van der Waals surface area contributed by atoms with Crippen LogP contribution in [0.3, 0.4) is 0 Å². The minimum atomic E-state index is -3.45. The average molecular weight is 440 g/mol. The molecule has 158 valence electrons. The molecule has 0 aliphatic carbocycles. The Labute approximate surface area is 175 Å². The van der Waals surface area contributed by atoms with Crippen molar-refractivity contribution >= 4 is 38.8 Å². The van der Waals surface area contributed by atoms with E-state index in [0.717, 1.165) is 41.5 Å². The first kappa shape index (κ1) is 21.8. The molecule has 3 rings (SSSR count). The first-order valence-corrected chi connectivity index (χ1v) is 12.1. The first-order valence-electron chi connectivity index (χ1n) is 9.71. The summed E-state index contributed by atoms with van der Waals surface area (Å²) in [6.07, 6.45) is 3.58. The third-order valence-corrected chi connectivity index (χ3v) is 7.79. The predicted octanol–water partition coefficient (Wildman–Crippen LogP) is 1.61. The van der Waals surface area contributed by atoms with Crippen LogP contribution in [0.2, 0.25) is 0 Å². The second-order valence-electron chi connectivity index (χ2n) is 7.06. The van der Waals surface area contributed by atoms with E-state index in [2.05, 4.69) is 5.32 Å². The van der Waals surface area contributed by atoms with Crippen LogP contribution in [0, 0.1) is 0 Å². The molecule has 0 atom stereocenters. The number of sulfonamides is 1. The van der Waals surface area contributed by atoms with Gasteiger partial charge in [0.05, 0.1) is 10.6 Å². The number of carbonyl (C=O) groups is 3. The molecule has 3 amide bonds. The van der Waals surface area contributed by atoms with Gasteiger partial charge in [-0.3, -0.25) is 19.3 Å². The number of carbonyl (C=O) groups excluding carboxylic acids is 3. The molecule has 2 saturated heterocycles. The number of benzene rings is 1. The van der Waals surface area contributed by atoms with Crippen LogP contribution < -0.4 is 5.32 Å². The molecule has 2 aliphatic heterocycles. The molecule has 1 aromatic carbocycles. The van der Waals surface area contributed by atoms with Gasteiger partial charge in [0.15, 0.2) is 0 Å². The molecule has 0 unspecified atom stereocenters. The predicted molar refractivity (Wildman–Crippen MR) is 110 cm³/mol. The van der Waals surface area contributed by atoms with Gasteiger partial charge in [-0.15, -0.1) is 0 Å². The van der Waals surface area contributed by atoms with Crippen molar-refractivity contribution in [3.63, 3.8) is 0 Å². The van der Waals surface area contributed by atoms with Gasteiger partial charge < -0.3 is 5.32 Å². The van der Waals surface area contributed by atoms with E-state index in [4.69, 9.17) is 0 Å². The number of aryl methyl sites for hydroxylation is 1. The van der Waals surface area contributed by atoms with Crippen LogP contribution in [-0.2, 0) is 26.0 Å². The Morgan fingerprint density at radius 1 is 1.07 bits per heavy atom. The first-order chi connectivity index (χ1) is 13.9. The monoisotopic (exact) mass is 439 g/mol. The summed E-state index contributed by atoms with van der Waals surface area (Å²) in [5.41, 5.74) is 0.874. The zero-order chi connectivity index (χ0) is 20.9. The number of piperidine rings is 1. The maximum atomic E-state index is 12.6. The van der Waals surface area contributed by atoms with Crippen molar-refractivity contribution < 1.29 is 22.8 Å². The lowest BCUT2D eigenvalue weighted by Gasteiger charge is -2.25. The lowest BCUT2D eigenvalue weighted by Crippen LogP contribution is -2.37. The van der Waals surface area contributed by atoms with E-state index in [1.807, 2.05) is 0 Å². The van der Waals surface area contributed by atoms with E-state index in [0.29, 0.717) is 19.5 Å². The molecule has 29 heavy (non-hydrogen) atoms. The summed E-state index contributed by atoms with van der Waals surface area (Å²) in [7, 11) is -3.45. The fraction of sp³-hybridized carbons (Fsp3) is 0.526. The third-order valence-electron chi connectivity index (χ3n) is 5.02. The zero-order valence-electron chi connectivity index (χ0n) is 16.1. The number of nitrogens with zero attached hydrogens (tertiary/aromatic N) is 2. The summed E-state index contributed by atoms with van der Waals surface area (Å²) in [5, 5.41) is 2.43. The van der Waals surface area contributed by atoms with E-state index < -0.39 is 10.0 Å². The van der Waals surface area contributed by atoms with Crippen LogP contribution in [-0.4, -0.2) is 66.6 Å². The van der Waals surface area contributed by atoms with E-state index in [1.165, 1.54) is 4.31 Å². The fourth-order valence-corrected chi connectivity index (χ4v) is 5.60. The molecule has 2 fully saturated rings. The van der Waals surface area contributed by atoms with Gasteiger partial charge >= 0.3 is 0 Å². The number of hydrogen-bond donors (Lipinski definition) is 1. The molecule has 0 saturated carbocycles. The molecule has 0 bridgehead atoms. The fourth-order valence-electron chi connectivity index (χ4n) is 3.33. The van der Waals surface area contributed by atoms with Crippen molar-refractivity contribution in [2.75, 3.05) is 31.9 Å². The van der Waals surface area contributed by atoms with Gasteiger partial charge in [0, 0.05) is 32.6 Å². The van der Waals surface area contributed by atoms with Gasteiger partial charge in [0.2, 0.25) is 21.8 Å². The van der Waals surface area contributed by atoms with E-state index in [-0.39, 0.29) is 47.2 Å². The second-order valence-corrected chi connectivity index (χ2v) is 9.92. The number of nitrogens with one attached hydrogen (secondary N) is 1. The Hall–Kier alpha value is -1.91. The summed E-state index contributed by atoms with van der Waals surface area (Å²) < 4.78 is 26.8. The third kappa shape index (κ3) is 5.58. The van der Waals surface area contributed by atoms with Crippen molar-refractivity contribution in [1.82, 2.24) is 14.5 Å². The highest BCUT2D eigenvalue weighted by Gasteiger charge is 2.29. The SMILES string of the molecule is O=C(CCc1ccc(S(=O)(=O)N2CCCCC2)cc1)NCCN1C(=O)CSC1=O. The van der Waals surface area contributed by atoms with Crippen LogP contribution in [0.15, 0.2) is 29.2 Å². The van der Waals surface area contributed by atoms with Gasteiger partial charge in [-0.25, -0.2) is 8.42 Å². The summed E-state index contributed by atoms with van der Waals surface area (Å²) >= 11 is 0.971. The highest BCUT2D eigenvalue weighted by atomic mass is 32.2. The van der Waals surface area contributed by atoms with Gasteiger partial charge in [-0.2, -0.15) is 4.31 Å². The molecule has 1 N–H and O–H groups in total. The largest absolute Gasteiger partial charge is 0.354 e. The molecule has 0 spiro atoms. The molecule has 0 radical (unpaired) electrons. The quantitative estimate of drug-likeness (QED) is 0.660. The molecule has 10 heteroatoms. The summed E-state index contributed by atoms with van der Waals surface area (Å²) in [6, 6.07) is 6.67. The van der Waals surface area contributed by atoms with E-state index in [1.54, 1.807) is 24.3 Å². The van der Waals surface area contributed by atoms with E-state index >= 15 is 0 Å². The Kier molecular flexibility index (Phi) is 7.31. The summed E-state index contributed by atoms with van der Waals surface area (Å²) in [4.78, 5) is 36.4. The van der Waals surface area contributed by atoms with Crippen molar-refractivity contribution in [2.45, 2.75) is 37.0 Å². The van der Waals surface area contributed by atoms with Gasteiger partial charge in [-0.05, 0) is 37.0 Å². The topological polar surface area (TPSA) is 104 Å². The Morgan fingerprint density at radius 3 is 2.38 bits per heavy atom. The minimum absolute atomic E-state index is 0.163. The van der Waals surface area contributed by atoms with Crippen molar-refractivity contribution in [3.8, 4) is 0 Å². The van der Waals surface area contributed by atoms with Crippen molar-refractivity contribution in [3.05, 3.63) is 29.8 Å². The maximum absolute atomic E-state index is 12.6. The molecule has 2 heterocycles. The molecular weight excluding hydrogens is 414 g/mol. The maximum Gasteiger partial charge on any atom is 0.288 e. The van der Waals surface area contributed by atoms with E-state index in [9.17, 15) is 22.8 Å². The molecule has 0 aromatic heterocycles. The minimum Gasteiger partial charge on any atom is -0.354 e. The zero-order valence-corrected chi connectivity index (χ0v) is 17.8. The molecule has 8 nitrogen and oxygen atoms in total. The van der Waals surface area contributed by atoms with Crippen LogP contribution in [0.4, 0.5) is 4.79 Å². The normalized spacial score (nSPS) is 18.3. The highest BCUT2D eigenvalue weighted by molar-refractivity contribution is 8.14. The van der Waals surface area contributed by atoms with Gasteiger partial charge in [0.25, 0.3) is 5.24 Å². The van der Waals surface area contributed by atoms with Gasteiger partial charge in [0.1, 0.15) is 0 Å². The van der Waals surface area contributed by atoms with Gasteiger partial charge in [-0.1, -0.05) is 30.3 Å². The Morgan fingerprint density at radius 2 is 1.76 bits per heavy atom. The summed E-state index contributed by atoms with van der Waals surface area (Å²) in [5.74, 6) is -0.244. The second kappa shape index (κ2) is 9.73. The lowest BCUT2D eigenvalue weighted by molar-refractivity contribution is -0.125. The average Bonchev–Trinajstić information content (AvgIpc) is 3.05. The van der Waals surface area contributed by atoms with Crippen LogP contribution >= 0.6 is 11.8 Å². The van der Waals surface area contributed by atoms with Crippen molar-refractivity contribution in [1.29, 1.82) is 0 Å². The summed E-state index contributed by atoms with van der Waals surface area (Å²) in [6.45, 7) is 1.54. The van der Waals surface area contributed by atoms with Crippen molar-refractivity contribution in [2.24, 2.45) is 0 Å². The lowest BCUT2D eigenvalue weighted by atomic mass is 10.1. The molecule has 1 aromatic rings. The van der Waals surface area contributed by atoms with Crippen LogP contribution in [0.5, 0.6) is 0 Å². The van der Waals surface area contributed by atoms with Crippen LogP contribution in [0.1, 0.15) is 31.2 Å². The number of amides is 3. The Balaban J connectivity index is 1.44. The highest BCUT2D eigenvalue weighted by Crippen LogP contribution is 2.21. The number of rotatable bonds is 8. The smallest absolute Gasteiger partial charge is 0.288 e. The molecule has 2 aliphatic rings. The Bertz CT molecular complexity index is 848. The molecular formula is C19H25N3O5S2.